The van der Waals surface area contributed by atoms with Crippen molar-refractivity contribution in [1.82, 2.24) is 4.90 Å². The van der Waals surface area contributed by atoms with E-state index in [2.05, 4.69) is 57.7 Å². The van der Waals surface area contributed by atoms with E-state index in [4.69, 9.17) is 28.4 Å². The summed E-state index contributed by atoms with van der Waals surface area (Å²) in [4.78, 5) is 40.4. The summed E-state index contributed by atoms with van der Waals surface area (Å²) < 4.78 is 36.5. The van der Waals surface area contributed by atoms with Gasteiger partial charge in [0, 0.05) is 11.8 Å². The normalized spacial score (nSPS) is 24.5. The third-order valence-electron chi connectivity index (χ3n) is 14.9. The molecule has 80 heavy (non-hydrogen) atoms. The molecular weight excluding hydrogens is 1010 g/mol. The van der Waals surface area contributed by atoms with Crippen molar-refractivity contribution in [3.63, 3.8) is 0 Å². The number of carboxylic acids is 1. The van der Waals surface area contributed by atoms with Crippen molar-refractivity contribution in [2.24, 2.45) is 17.8 Å². The van der Waals surface area contributed by atoms with Crippen molar-refractivity contribution in [2.45, 2.75) is 216 Å². The van der Waals surface area contributed by atoms with E-state index in [1.807, 2.05) is 97.0 Å². The molecule has 0 spiro atoms. The molecule has 0 amide bonds. The third kappa shape index (κ3) is 21.3. The van der Waals surface area contributed by atoms with Crippen LogP contribution in [0.15, 0.2) is 91.1 Å². The number of hydrogen-bond donors (Lipinski definition) is 2. The number of aliphatic hydroxyl groups excluding tert-OH is 1. The van der Waals surface area contributed by atoms with E-state index < -0.39 is 47.9 Å². The van der Waals surface area contributed by atoms with Gasteiger partial charge in [-0.1, -0.05) is 157 Å². The van der Waals surface area contributed by atoms with E-state index in [9.17, 15) is 24.6 Å². The number of unbranched alkanes of at least 4 members (excludes halogenated alkanes) is 3. The minimum Gasteiger partial charge on any atom is -0.478 e. The molecule has 10 atom stereocenters. The molecule has 3 aromatic rings. The summed E-state index contributed by atoms with van der Waals surface area (Å²) >= 11 is 0. The molecule has 2 N–H and O–H groups in total. The Hall–Kier alpha value is -5.21. The zero-order valence-corrected chi connectivity index (χ0v) is 51.4. The number of carbonyl (C=O) groups excluding carboxylic acids is 2. The Morgan fingerprint density at radius 3 is 1.96 bits per heavy atom. The van der Waals surface area contributed by atoms with Gasteiger partial charge in [-0.2, -0.15) is 0 Å². The molecule has 0 saturated carbocycles. The van der Waals surface area contributed by atoms with Crippen molar-refractivity contribution in [1.29, 1.82) is 0 Å². The zero-order valence-electron chi connectivity index (χ0n) is 51.4. The summed E-state index contributed by atoms with van der Waals surface area (Å²) in [5.41, 5.74) is 6.55. The second-order valence-corrected chi connectivity index (χ2v) is 23.3. The summed E-state index contributed by atoms with van der Waals surface area (Å²) in [5, 5.41) is 19.7. The molecule has 12 heteroatoms. The number of carbonyl (C=O) groups is 3. The van der Waals surface area contributed by atoms with Crippen molar-refractivity contribution < 1.29 is 53.0 Å². The Labute approximate surface area is 481 Å². The Kier molecular flexibility index (Phi) is 27.3. The quantitative estimate of drug-likeness (QED) is 0.0869. The standard InChI is InChI=1S/C31H38O7.C25H34O4.C12H27N/c1-19-17-21(3)27(29(33)34)24(18-19)13-10-14-26-28(38-31(5,6)37-26)25(16-15-20(2)22(4)32)36-30(35)23-11-8-7-9-12-23;1-15-13-18(4)22-20(14-15)9-8-10-21-23(29-25(6,7)28-21)17(3)12-11-16(2)19(5)27-24(22)26;1-4-7-10-13(11-8-5-2)12-9-6-3/h7-13,15-18,20,22,25-26,28,32H,14H2,1-6H3,(H,33,34);8-9,11-14,16-17,19,21,23H,10H2,1-7H3;4-12H2,1-3H3/b13-10+,16-15-;9-8+,12-11-;/t20-,22-,25?,26-,28+;16-,17?,19+,21+,23?;/m01./s1. The number of fused-ring (bicyclic) bond motifs is 2. The monoisotopic (exact) mass is 1110 g/mol. The van der Waals surface area contributed by atoms with Crippen LogP contribution in [-0.2, 0) is 28.4 Å². The lowest BCUT2D eigenvalue weighted by Crippen LogP contribution is -2.37. The number of nitrogens with zero attached hydrogens (tertiary/aromatic N) is 1. The number of rotatable bonds is 19. The van der Waals surface area contributed by atoms with Gasteiger partial charge >= 0.3 is 17.9 Å². The topological polar surface area (TPSA) is 150 Å². The van der Waals surface area contributed by atoms with Gasteiger partial charge in [0.05, 0.1) is 41.1 Å². The zero-order chi connectivity index (χ0) is 59.3. The summed E-state index contributed by atoms with van der Waals surface area (Å²) in [6.07, 6.45) is 22.1. The molecule has 3 aliphatic heterocycles. The maximum atomic E-state index is 13.0. The fraction of sp³-hybridized carbons (Fsp3) is 0.574. The van der Waals surface area contributed by atoms with E-state index in [1.54, 1.807) is 64.1 Å². The number of aryl methyl sites for hydroxylation is 4. The highest BCUT2D eigenvalue weighted by molar-refractivity contribution is 5.96. The molecule has 2 saturated heterocycles. The van der Waals surface area contributed by atoms with Crippen LogP contribution in [0.1, 0.15) is 199 Å². The second kappa shape index (κ2) is 32.4. The van der Waals surface area contributed by atoms with Crippen LogP contribution in [0.2, 0.25) is 0 Å². The molecule has 2 fully saturated rings. The van der Waals surface area contributed by atoms with Gasteiger partial charge in [0.25, 0.3) is 0 Å². The number of cyclic esters (lactones) is 1. The molecule has 3 aliphatic rings. The molecule has 6 rings (SSSR count). The largest absolute Gasteiger partial charge is 0.478 e. The molecule has 0 aliphatic carbocycles. The first-order chi connectivity index (χ1) is 37.8. The SMILES string of the molecule is CCCCN(CCCC)CCCC.Cc1cc(C)c(C(=O)O)c(/C=C/C[C@@H]2OC(C)(C)O[C@@H]2C(/C=C\[C@H](C)[C@H](C)O)OC(=O)c2ccccc2)c1.Cc1cc(C)c2c(c1)/C=C/C[C@@H]1OC(C)(C)OC1C(C)/C=C\[C@@H](C)[C@H](C)OC2=O. The summed E-state index contributed by atoms with van der Waals surface area (Å²) in [5.74, 6) is -3.12. The van der Waals surface area contributed by atoms with Gasteiger partial charge in [0.15, 0.2) is 11.6 Å². The van der Waals surface area contributed by atoms with Crippen molar-refractivity contribution >= 4 is 30.1 Å². The Balaban J connectivity index is 0.000000289. The number of benzene rings is 3. The average molecular weight is 1110 g/mol. The first-order valence-corrected chi connectivity index (χ1v) is 29.5. The number of ether oxygens (including phenoxy) is 6. The van der Waals surface area contributed by atoms with Gasteiger partial charge in [0.1, 0.15) is 18.3 Å². The maximum Gasteiger partial charge on any atom is 0.339 e. The van der Waals surface area contributed by atoms with Crippen LogP contribution in [0.5, 0.6) is 0 Å². The van der Waals surface area contributed by atoms with Crippen LogP contribution in [0.3, 0.4) is 0 Å². The van der Waals surface area contributed by atoms with Crippen LogP contribution in [0, 0.1) is 45.4 Å². The lowest BCUT2D eigenvalue weighted by atomic mass is 9.93. The third-order valence-corrected chi connectivity index (χ3v) is 14.9. The fourth-order valence-corrected chi connectivity index (χ4v) is 10.2. The van der Waals surface area contributed by atoms with Gasteiger partial charge in [-0.25, -0.2) is 14.4 Å². The van der Waals surface area contributed by atoms with Crippen LogP contribution in [0.4, 0.5) is 0 Å². The minimum atomic E-state index is -0.980. The van der Waals surface area contributed by atoms with Crippen LogP contribution < -0.4 is 0 Å². The number of hydrogen-bond acceptors (Lipinski definition) is 11. The van der Waals surface area contributed by atoms with Crippen molar-refractivity contribution in [2.75, 3.05) is 19.6 Å². The Morgan fingerprint density at radius 2 is 1.36 bits per heavy atom. The molecule has 3 aromatic carbocycles. The Morgan fingerprint density at radius 1 is 0.775 bits per heavy atom. The number of carboxylic acid groups (broad SMARTS) is 1. The molecule has 0 aromatic heterocycles. The molecule has 442 valence electrons. The highest BCUT2D eigenvalue weighted by atomic mass is 16.8. The predicted octanol–water partition coefficient (Wildman–Crippen LogP) is 15.0. The van der Waals surface area contributed by atoms with E-state index >= 15 is 0 Å². The van der Waals surface area contributed by atoms with Gasteiger partial charge in [-0.3, -0.25) is 0 Å². The van der Waals surface area contributed by atoms with Crippen LogP contribution in [-0.4, -0.2) is 107 Å². The molecule has 12 nitrogen and oxygen atoms in total. The van der Waals surface area contributed by atoms with E-state index in [-0.39, 0.29) is 47.6 Å². The lowest BCUT2D eigenvalue weighted by molar-refractivity contribution is -0.152. The fourth-order valence-electron chi connectivity index (χ4n) is 10.2. The highest BCUT2D eigenvalue weighted by Crippen LogP contribution is 2.37. The maximum absolute atomic E-state index is 13.0. The summed E-state index contributed by atoms with van der Waals surface area (Å²) in [6, 6.07) is 16.5. The molecule has 3 unspecified atom stereocenters. The van der Waals surface area contributed by atoms with Gasteiger partial charge in [-0.05, 0) is 167 Å². The van der Waals surface area contributed by atoms with E-state index in [0.717, 1.165) is 28.7 Å². The van der Waals surface area contributed by atoms with Crippen LogP contribution in [0.25, 0.3) is 12.2 Å². The Bertz CT molecular complexity index is 2520. The van der Waals surface area contributed by atoms with E-state index in [1.165, 1.54) is 58.2 Å². The van der Waals surface area contributed by atoms with E-state index in [0.29, 0.717) is 28.7 Å². The minimum absolute atomic E-state index is 0.0161. The lowest BCUT2D eigenvalue weighted by Gasteiger charge is -2.25. The van der Waals surface area contributed by atoms with Crippen molar-refractivity contribution in [3.05, 3.63) is 141 Å². The second-order valence-electron chi connectivity index (χ2n) is 23.3. The molecule has 0 radical (unpaired) electrons. The summed E-state index contributed by atoms with van der Waals surface area (Å²) in [6.45, 7) is 35.8. The van der Waals surface area contributed by atoms with Gasteiger partial charge in [-0.15, -0.1) is 0 Å². The predicted molar refractivity (Wildman–Crippen MR) is 323 cm³/mol. The van der Waals surface area contributed by atoms with Gasteiger partial charge in [0.2, 0.25) is 0 Å². The number of aromatic carboxylic acids is 1. The summed E-state index contributed by atoms with van der Waals surface area (Å²) in [7, 11) is 0. The van der Waals surface area contributed by atoms with Crippen LogP contribution >= 0.6 is 0 Å². The highest BCUT2D eigenvalue weighted by Gasteiger charge is 2.46. The molecule has 3 heterocycles. The van der Waals surface area contributed by atoms with Crippen molar-refractivity contribution in [3.8, 4) is 0 Å². The molecule has 0 bridgehead atoms. The first-order valence-electron chi connectivity index (χ1n) is 29.5. The average Bonchev–Trinajstić information content (AvgIpc) is 3.89. The number of aliphatic hydroxyl groups is 1. The smallest absolute Gasteiger partial charge is 0.339 e. The molecular formula is C68H99NO11. The number of esters is 2. The van der Waals surface area contributed by atoms with Gasteiger partial charge < -0.3 is 43.5 Å². The first kappa shape index (κ1) is 67.3.